The minimum Gasteiger partial charge on any atom is -0.487 e. The second kappa shape index (κ2) is 13.7. The molecule has 2 aliphatic carbocycles. The summed E-state index contributed by atoms with van der Waals surface area (Å²) in [6.45, 7) is 3.05. The van der Waals surface area contributed by atoms with Gasteiger partial charge in [-0.05, 0) is 80.7 Å². The van der Waals surface area contributed by atoms with Crippen LogP contribution in [-0.4, -0.2) is 54.0 Å². The summed E-state index contributed by atoms with van der Waals surface area (Å²) < 4.78 is 13.0. The average Bonchev–Trinajstić information content (AvgIpc) is 3.79. The lowest BCUT2D eigenvalue weighted by molar-refractivity contribution is -0.129. The summed E-state index contributed by atoms with van der Waals surface area (Å²) in [5.74, 6) is 1.55. The Kier molecular flexibility index (Phi) is 9.23. The van der Waals surface area contributed by atoms with Gasteiger partial charge < -0.3 is 30.1 Å². The molecule has 2 aliphatic heterocycles. The van der Waals surface area contributed by atoms with E-state index in [2.05, 4.69) is 58.9 Å². The number of rotatable bonds is 10. The van der Waals surface area contributed by atoms with Crippen LogP contribution in [0.3, 0.4) is 0 Å². The fourth-order valence-corrected chi connectivity index (χ4v) is 8.24. The molecule has 7 nitrogen and oxygen atoms in total. The van der Waals surface area contributed by atoms with Gasteiger partial charge in [-0.1, -0.05) is 74.4 Å². The zero-order valence-electron chi connectivity index (χ0n) is 27.1. The number of hydrogen-bond acceptors (Lipinski definition) is 6. The van der Waals surface area contributed by atoms with Gasteiger partial charge in [-0.3, -0.25) is 4.79 Å². The Morgan fingerprint density at radius 2 is 1.72 bits per heavy atom. The number of hydrogen-bond donors (Lipinski definition) is 3. The Balaban J connectivity index is 1.08. The van der Waals surface area contributed by atoms with E-state index in [1.807, 2.05) is 36.4 Å². The Morgan fingerprint density at radius 1 is 0.957 bits per heavy atom. The van der Waals surface area contributed by atoms with Crippen LogP contribution >= 0.6 is 0 Å². The number of para-hydroxylation sites is 2. The number of aliphatic hydroxyl groups excluding tert-OH is 1. The Bertz CT molecular complexity index is 1480. The third-order valence-electron chi connectivity index (χ3n) is 10.8. The standard InChI is InChI=1S/C39H49N3O4/c1-2-27-18-19-35-30(22-27)32(24-39(46-35)20-10-11-21-39)40-25-34(43)31(23-28-12-4-3-5-13-28)41-38(44)37-26-42(29-14-6-7-15-29)33-16-8-9-17-36(33)45-37/h3-5,8-9,12-13,16-19,22,29,31-32,34,37,40,43H,2,6-7,10-11,14-15,20-21,23-26H2,1H3,(H,41,44)/t31-,32-,34+,37?/m0/s1. The summed E-state index contributed by atoms with van der Waals surface area (Å²) in [4.78, 5) is 16.4. The van der Waals surface area contributed by atoms with E-state index < -0.39 is 18.2 Å². The molecule has 46 heavy (non-hydrogen) atoms. The molecule has 244 valence electrons. The fraction of sp³-hybridized carbons (Fsp3) is 0.513. The molecule has 2 fully saturated rings. The molecule has 1 spiro atoms. The van der Waals surface area contributed by atoms with Gasteiger partial charge >= 0.3 is 0 Å². The van der Waals surface area contributed by atoms with E-state index in [0.29, 0.717) is 25.6 Å². The molecule has 2 saturated carbocycles. The molecule has 0 radical (unpaired) electrons. The summed E-state index contributed by atoms with van der Waals surface area (Å²) in [5.41, 5.74) is 4.47. The van der Waals surface area contributed by atoms with Crippen molar-refractivity contribution in [2.45, 2.75) is 113 Å². The molecule has 2 heterocycles. The number of amides is 1. The minimum atomic E-state index is -0.800. The maximum Gasteiger partial charge on any atom is 0.263 e. The van der Waals surface area contributed by atoms with Crippen molar-refractivity contribution < 1.29 is 19.4 Å². The van der Waals surface area contributed by atoms with E-state index in [9.17, 15) is 9.90 Å². The van der Waals surface area contributed by atoms with Crippen molar-refractivity contribution in [1.82, 2.24) is 10.6 Å². The summed E-state index contributed by atoms with van der Waals surface area (Å²) >= 11 is 0. The van der Waals surface area contributed by atoms with E-state index >= 15 is 0 Å². The second-order valence-electron chi connectivity index (χ2n) is 13.9. The van der Waals surface area contributed by atoms with Crippen molar-refractivity contribution in [1.29, 1.82) is 0 Å². The quantitative estimate of drug-likeness (QED) is 0.247. The van der Waals surface area contributed by atoms with E-state index in [-0.39, 0.29) is 17.6 Å². The van der Waals surface area contributed by atoms with Crippen LogP contribution in [0.4, 0.5) is 5.69 Å². The average molecular weight is 624 g/mol. The first-order chi connectivity index (χ1) is 22.5. The SMILES string of the molecule is CCc1ccc2c(c1)[C@@H](NC[C@@H](O)[C@H](Cc1ccccc1)NC(=O)C1CN(C3CCCC3)c3ccccc3O1)CC1(CCCC1)O2. The number of anilines is 1. The number of aryl methyl sites for hydroxylation is 1. The molecule has 7 heteroatoms. The van der Waals surface area contributed by atoms with Gasteiger partial charge in [-0.15, -0.1) is 0 Å². The molecule has 1 amide bonds. The number of carbonyl (C=O) groups is 1. The summed E-state index contributed by atoms with van der Waals surface area (Å²) in [5, 5.41) is 18.8. The van der Waals surface area contributed by atoms with Gasteiger partial charge in [0.1, 0.15) is 17.1 Å². The van der Waals surface area contributed by atoms with Gasteiger partial charge in [0, 0.05) is 30.6 Å². The first kappa shape index (κ1) is 31.1. The van der Waals surface area contributed by atoms with Crippen molar-refractivity contribution in [3.8, 4) is 11.5 Å². The molecule has 0 bridgehead atoms. The molecular weight excluding hydrogens is 574 g/mol. The molecule has 4 atom stereocenters. The lowest BCUT2D eigenvalue weighted by atomic mass is 9.85. The number of aliphatic hydroxyl groups is 1. The molecule has 0 saturated heterocycles. The predicted octanol–water partition coefficient (Wildman–Crippen LogP) is 6.27. The molecular formula is C39H49N3O4. The van der Waals surface area contributed by atoms with Gasteiger partial charge in [0.25, 0.3) is 5.91 Å². The molecule has 0 aromatic heterocycles. The van der Waals surface area contributed by atoms with Crippen LogP contribution in [0.2, 0.25) is 0 Å². The Labute approximate surface area is 273 Å². The van der Waals surface area contributed by atoms with E-state index in [4.69, 9.17) is 9.47 Å². The molecule has 7 rings (SSSR count). The van der Waals surface area contributed by atoms with Crippen molar-refractivity contribution in [3.05, 3.63) is 89.5 Å². The monoisotopic (exact) mass is 623 g/mol. The zero-order chi connectivity index (χ0) is 31.5. The number of benzene rings is 3. The van der Waals surface area contributed by atoms with Gasteiger partial charge in [0.15, 0.2) is 6.10 Å². The van der Waals surface area contributed by atoms with E-state index in [1.54, 1.807) is 0 Å². The first-order valence-corrected chi connectivity index (χ1v) is 17.6. The Hall–Kier alpha value is -3.55. The number of ether oxygens (including phenoxy) is 2. The van der Waals surface area contributed by atoms with Crippen LogP contribution in [0.1, 0.15) is 87.4 Å². The fourth-order valence-electron chi connectivity index (χ4n) is 8.24. The van der Waals surface area contributed by atoms with Gasteiger partial charge in [-0.25, -0.2) is 0 Å². The number of fused-ring (bicyclic) bond motifs is 2. The topological polar surface area (TPSA) is 83.1 Å². The van der Waals surface area contributed by atoms with Gasteiger partial charge in [-0.2, -0.15) is 0 Å². The molecule has 4 aliphatic rings. The second-order valence-corrected chi connectivity index (χ2v) is 13.9. The lowest BCUT2D eigenvalue weighted by Gasteiger charge is -2.41. The van der Waals surface area contributed by atoms with Crippen molar-refractivity contribution in [3.63, 3.8) is 0 Å². The van der Waals surface area contributed by atoms with Crippen LogP contribution < -0.4 is 25.0 Å². The Morgan fingerprint density at radius 3 is 2.50 bits per heavy atom. The van der Waals surface area contributed by atoms with Crippen molar-refractivity contribution >= 4 is 11.6 Å². The highest BCUT2D eigenvalue weighted by Crippen LogP contribution is 2.47. The maximum absolute atomic E-state index is 14.0. The van der Waals surface area contributed by atoms with E-state index in [1.165, 1.54) is 36.8 Å². The predicted molar refractivity (Wildman–Crippen MR) is 182 cm³/mol. The maximum atomic E-state index is 14.0. The first-order valence-electron chi connectivity index (χ1n) is 17.6. The lowest BCUT2D eigenvalue weighted by Crippen LogP contribution is -2.56. The number of nitrogens with one attached hydrogen (secondary N) is 2. The minimum absolute atomic E-state index is 0.0780. The van der Waals surface area contributed by atoms with Crippen LogP contribution in [-0.2, 0) is 17.6 Å². The third-order valence-corrected chi connectivity index (χ3v) is 10.8. The summed E-state index contributed by atoms with van der Waals surface area (Å²) in [6, 6.07) is 24.8. The van der Waals surface area contributed by atoms with Crippen molar-refractivity contribution in [2.24, 2.45) is 0 Å². The molecule has 3 aromatic rings. The molecule has 1 unspecified atom stereocenters. The third kappa shape index (κ3) is 6.63. The number of nitrogens with zero attached hydrogens (tertiary/aromatic N) is 1. The highest BCUT2D eigenvalue weighted by Gasteiger charge is 2.43. The molecule has 3 N–H and O–H groups in total. The van der Waals surface area contributed by atoms with Crippen LogP contribution in [0, 0.1) is 0 Å². The summed E-state index contributed by atoms with van der Waals surface area (Å²) in [6.07, 6.45) is 10.2. The highest BCUT2D eigenvalue weighted by molar-refractivity contribution is 5.83. The summed E-state index contributed by atoms with van der Waals surface area (Å²) in [7, 11) is 0. The van der Waals surface area contributed by atoms with Gasteiger partial charge in [0.05, 0.1) is 24.4 Å². The van der Waals surface area contributed by atoms with E-state index in [0.717, 1.165) is 61.3 Å². The number of carbonyl (C=O) groups excluding carboxylic acids is 1. The normalized spacial score (nSPS) is 23.2. The smallest absolute Gasteiger partial charge is 0.263 e. The van der Waals surface area contributed by atoms with Crippen LogP contribution in [0.25, 0.3) is 0 Å². The largest absolute Gasteiger partial charge is 0.487 e. The van der Waals surface area contributed by atoms with Crippen molar-refractivity contribution in [2.75, 3.05) is 18.0 Å². The van der Waals surface area contributed by atoms with Crippen LogP contribution in [0.15, 0.2) is 72.8 Å². The zero-order valence-corrected chi connectivity index (χ0v) is 27.1. The van der Waals surface area contributed by atoms with Crippen LogP contribution in [0.5, 0.6) is 11.5 Å². The highest BCUT2D eigenvalue weighted by atomic mass is 16.5. The van der Waals surface area contributed by atoms with Gasteiger partial charge in [0.2, 0.25) is 0 Å². The molecule has 3 aromatic carbocycles.